The van der Waals surface area contributed by atoms with E-state index in [1.807, 2.05) is 13.8 Å². The zero-order chi connectivity index (χ0) is 14.7. The van der Waals surface area contributed by atoms with Crippen LogP contribution in [0.2, 0.25) is 0 Å². The van der Waals surface area contributed by atoms with Crippen LogP contribution in [0.25, 0.3) is 10.2 Å². The molecule has 0 unspecified atom stereocenters. The first-order valence-corrected chi connectivity index (χ1v) is 7.18. The van der Waals surface area contributed by atoms with Gasteiger partial charge < -0.3 is 5.32 Å². The summed E-state index contributed by atoms with van der Waals surface area (Å²) in [5, 5.41) is 14.0. The molecule has 0 aliphatic carbocycles. The standard InChI is InChI=1S/C13H15N3O3S/c1-3-4-8(2)12(17)15-13-14-10-6-5-9(16(18)19)7-11(10)20-13/h5-8H,3-4H2,1-2H3,(H,14,15,17)/t8-/m0/s1. The van der Waals surface area contributed by atoms with Crippen molar-refractivity contribution in [2.45, 2.75) is 26.7 Å². The van der Waals surface area contributed by atoms with Crippen molar-refractivity contribution in [3.8, 4) is 0 Å². The van der Waals surface area contributed by atoms with Gasteiger partial charge in [-0.25, -0.2) is 4.98 Å². The molecule has 0 saturated carbocycles. The Hall–Kier alpha value is -2.02. The molecule has 0 bridgehead atoms. The molecule has 1 aromatic heterocycles. The van der Waals surface area contributed by atoms with Gasteiger partial charge in [0.25, 0.3) is 5.69 Å². The summed E-state index contributed by atoms with van der Waals surface area (Å²) in [5.41, 5.74) is 0.678. The zero-order valence-corrected chi connectivity index (χ0v) is 12.1. The second-order valence-electron chi connectivity index (χ2n) is 4.61. The Kier molecular flexibility index (Phi) is 4.29. The number of amides is 1. The number of fused-ring (bicyclic) bond motifs is 1. The normalized spacial score (nSPS) is 12.3. The molecular formula is C13H15N3O3S. The number of aromatic nitrogens is 1. The quantitative estimate of drug-likeness (QED) is 0.674. The maximum atomic E-state index is 11.9. The number of carbonyl (C=O) groups excluding carboxylic acids is 1. The Morgan fingerprint density at radius 3 is 2.95 bits per heavy atom. The Bertz CT molecular complexity index is 653. The van der Waals surface area contributed by atoms with Crippen LogP contribution >= 0.6 is 11.3 Å². The Labute approximate surface area is 120 Å². The fourth-order valence-corrected chi connectivity index (χ4v) is 2.77. The number of non-ortho nitro benzene ring substituents is 1. The molecule has 0 spiro atoms. The number of nitro groups is 1. The predicted molar refractivity (Wildman–Crippen MR) is 79.0 cm³/mol. The Morgan fingerprint density at radius 1 is 1.55 bits per heavy atom. The minimum atomic E-state index is -0.444. The van der Waals surface area contributed by atoms with Crippen molar-refractivity contribution in [3.63, 3.8) is 0 Å². The lowest BCUT2D eigenvalue weighted by Crippen LogP contribution is -2.19. The van der Waals surface area contributed by atoms with Crippen molar-refractivity contribution in [3.05, 3.63) is 28.3 Å². The predicted octanol–water partition coefficient (Wildman–Crippen LogP) is 3.58. The van der Waals surface area contributed by atoms with Gasteiger partial charge in [0.2, 0.25) is 5.91 Å². The molecule has 106 valence electrons. The van der Waals surface area contributed by atoms with Crippen LogP contribution in [-0.4, -0.2) is 15.8 Å². The van der Waals surface area contributed by atoms with E-state index in [2.05, 4.69) is 10.3 Å². The van der Waals surface area contributed by atoms with E-state index in [1.54, 1.807) is 6.07 Å². The number of benzene rings is 1. The van der Waals surface area contributed by atoms with Crippen molar-refractivity contribution in [2.75, 3.05) is 5.32 Å². The van der Waals surface area contributed by atoms with Gasteiger partial charge in [0.1, 0.15) is 0 Å². The molecule has 2 aromatic rings. The highest BCUT2D eigenvalue weighted by Crippen LogP contribution is 2.29. The molecular weight excluding hydrogens is 278 g/mol. The number of nitrogens with zero attached hydrogens (tertiary/aromatic N) is 2. The maximum Gasteiger partial charge on any atom is 0.270 e. The van der Waals surface area contributed by atoms with Crippen LogP contribution in [0.3, 0.4) is 0 Å². The van der Waals surface area contributed by atoms with Gasteiger partial charge in [-0.05, 0) is 12.5 Å². The van der Waals surface area contributed by atoms with E-state index in [0.29, 0.717) is 15.3 Å². The lowest BCUT2D eigenvalue weighted by molar-refractivity contribution is -0.384. The van der Waals surface area contributed by atoms with E-state index in [9.17, 15) is 14.9 Å². The molecule has 0 aliphatic rings. The summed E-state index contributed by atoms with van der Waals surface area (Å²) in [4.78, 5) is 26.4. The van der Waals surface area contributed by atoms with Gasteiger partial charge in [-0.1, -0.05) is 31.6 Å². The number of thiazole rings is 1. The summed E-state index contributed by atoms with van der Waals surface area (Å²) in [6, 6.07) is 4.47. The summed E-state index contributed by atoms with van der Waals surface area (Å²) in [7, 11) is 0. The van der Waals surface area contributed by atoms with E-state index in [4.69, 9.17) is 0 Å². The molecule has 1 amide bonds. The SMILES string of the molecule is CCC[C@H](C)C(=O)Nc1nc2ccc([N+](=O)[O-])cc2s1. The summed E-state index contributed by atoms with van der Waals surface area (Å²) >= 11 is 1.25. The average Bonchev–Trinajstić information content (AvgIpc) is 2.79. The number of hydrogen-bond acceptors (Lipinski definition) is 5. The van der Waals surface area contributed by atoms with Crippen molar-refractivity contribution in [2.24, 2.45) is 5.92 Å². The van der Waals surface area contributed by atoms with Crippen molar-refractivity contribution in [1.29, 1.82) is 0 Å². The fourth-order valence-electron chi connectivity index (χ4n) is 1.87. The monoisotopic (exact) mass is 293 g/mol. The van der Waals surface area contributed by atoms with E-state index < -0.39 is 4.92 Å². The molecule has 0 saturated heterocycles. The molecule has 1 N–H and O–H groups in total. The van der Waals surface area contributed by atoms with Crippen LogP contribution in [0.5, 0.6) is 0 Å². The third kappa shape index (κ3) is 3.11. The topological polar surface area (TPSA) is 85.1 Å². The number of carbonyl (C=O) groups is 1. The van der Waals surface area contributed by atoms with Crippen molar-refractivity contribution >= 4 is 38.3 Å². The number of nitro benzene ring substituents is 1. The highest BCUT2D eigenvalue weighted by molar-refractivity contribution is 7.22. The Balaban J connectivity index is 2.19. The highest BCUT2D eigenvalue weighted by atomic mass is 32.1. The van der Waals surface area contributed by atoms with Crippen LogP contribution in [0.15, 0.2) is 18.2 Å². The summed E-state index contributed by atoms with van der Waals surface area (Å²) in [6.45, 7) is 3.90. The Morgan fingerprint density at radius 2 is 2.30 bits per heavy atom. The number of nitrogens with one attached hydrogen (secondary N) is 1. The van der Waals surface area contributed by atoms with Crippen LogP contribution in [0.1, 0.15) is 26.7 Å². The van der Waals surface area contributed by atoms with Crippen LogP contribution in [0, 0.1) is 16.0 Å². The minimum Gasteiger partial charge on any atom is -0.302 e. The van der Waals surface area contributed by atoms with E-state index in [-0.39, 0.29) is 17.5 Å². The number of hydrogen-bond donors (Lipinski definition) is 1. The van der Waals surface area contributed by atoms with E-state index >= 15 is 0 Å². The number of rotatable bonds is 5. The summed E-state index contributed by atoms with van der Waals surface area (Å²) in [6.07, 6.45) is 1.77. The zero-order valence-electron chi connectivity index (χ0n) is 11.3. The van der Waals surface area contributed by atoms with Crippen LogP contribution in [0.4, 0.5) is 10.8 Å². The molecule has 0 aliphatic heterocycles. The molecule has 1 atom stereocenters. The summed E-state index contributed by atoms with van der Waals surface area (Å²) < 4.78 is 0.692. The van der Waals surface area contributed by atoms with Gasteiger partial charge in [0.05, 0.1) is 15.1 Å². The third-order valence-corrected chi connectivity index (χ3v) is 3.92. The molecule has 20 heavy (non-hydrogen) atoms. The lowest BCUT2D eigenvalue weighted by atomic mass is 10.1. The van der Waals surface area contributed by atoms with Gasteiger partial charge in [-0.15, -0.1) is 0 Å². The van der Waals surface area contributed by atoms with Gasteiger partial charge in [-0.3, -0.25) is 14.9 Å². The first-order valence-electron chi connectivity index (χ1n) is 6.37. The van der Waals surface area contributed by atoms with Gasteiger partial charge in [-0.2, -0.15) is 0 Å². The third-order valence-electron chi connectivity index (χ3n) is 2.98. The molecule has 2 rings (SSSR count). The minimum absolute atomic E-state index is 0.0263. The number of anilines is 1. The van der Waals surface area contributed by atoms with E-state index in [0.717, 1.165) is 12.8 Å². The maximum absolute atomic E-state index is 11.9. The van der Waals surface area contributed by atoms with Crippen LogP contribution in [-0.2, 0) is 4.79 Å². The molecule has 1 aromatic carbocycles. The van der Waals surface area contributed by atoms with Gasteiger partial charge >= 0.3 is 0 Å². The molecule has 0 radical (unpaired) electrons. The molecule has 1 heterocycles. The van der Waals surface area contributed by atoms with E-state index in [1.165, 1.54) is 23.5 Å². The largest absolute Gasteiger partial charge is 0.302 e. The first kappa shape index (κ1) is 14.4. The molecule has 0 fully saturated rings. The highest BCUT2D eigenvalue weighted by Gasteiger charge is 2.15. The van der Waals surface area contributed by atoms with Gasteiger partial charge in [0, 0.05) is 18.1 Å². The lowest BCUT2D eigenvalue weighted by Gasteiger charge is -2.08. The second kappa shape index (κ2) is 5.96. The smallest absolute Gasteiger partial charge is 0.270 e. The second-order valence-corrected chi connectivity index (χ2v) is 5.64. The van der Waals surface area contributed by atoms with Crippen molar-refractivity contribution < 1.29 is 9.72 Å². The van der Waals surface area contributed by atoms with Crippen LogP contribution < -0.4 is 5.32 Å². The molecule has 7 heteroatoms. The van der Waals surface area contributed by atoms with Crippen molar-refractivity contribution in [1.82, 2.24) is 4.98 Å². The first-order chi connectivity index (χ1) is 9.51. The molecule has 6 nitrogen and oxygen atoms in total. The average molecular weight is 293 g/mol. The summed E-state index contributed by atoms with van der Waals surface area (Å²) in [5.74, 6) is -0.137. The van der Waals surface area contributed by atoms with Gasteiger partial charge in [0.15, 0.2) is 5.13 Å². The fraction of sp³-hybridized carbons (Fsp3) is 0.385.